The molecule has 7 heteroatoms. The Hall–Kier alpha value is -3.11. The number of hydrogen-bond acceptors (Lipinski definition) is 5. The number of carbonyl (C=O) groups excluding carboxylic acids is 1. The van der Waals surface area contributed by atoms with Gasteiger partial charge >= 0.3 is 6.03 Å². The summed E-state index contributed by atoms with van der Waals surface area (Å²) in [6.45, 7) is 7.54. The van der Waals surface area contributed by atoms with Crippen LogP contribution in [0.4, 0.5) is 10.6 Å². The molecule has 1 fully saturated rings. The number of urea groups is 1. The Labute approximate surface area is 177 Å². The number of fused-ring (bicyclic) bond motifs is 1. The van der Waals surface area contributed by atoms with Gasteiger partial charge in [0.15, 0.2) is 0 Å². The van der Waals surface area contributed by atoms with Crippen molar-refractivity contribution in [2.24, 2.45) is 0 Å². The van der Waals surface area contributed by atoms with E-state index in [1.54, 1.807) is 0 Å². The summed E-state index contributed by atoms with van der Waals surface area (Å²) in [4.78, 5) is 21.3. The summed E-state index contributed by atoms with van der Waals surface area (Å²) in [5.74, 6) is 0.722. The molecule has 1 atom stereocenters. The Morgan fingerprint density at radius 2 is 2.10 bits per heavy atom. The molecular weight excluding hydrogens is 378 g/mol. The predicted octanol–water partition coefficient (Wildman–Crippen LogP) is 2.93. The average molecular weight is 406 g/mol. The van der Waals surface area contributed by atoms with Crippen molar-refractivity contribution in [3.05, 3.63) is 47.0 Å². The molecule has 7 nitrogen and oxygen atoms in total. The first-order chi connectivity index (χ1) is 14.6. The monoisotopic (exact) mass is 405 g/mol. The van der Waals surface area contributed by atoms with Crippen molar-refractivity contribution in [1.82, 2.24) is 15.2 Å². The third-order valence-electron chi connectivity index (χ3n) is 5.81. The van der Waals surface area contributed by atoms with Crippen LogP contribution in [0.3, 0.4) is 0 Å². The lowest BCUT2D eigenvalue weighted by molar-refractivity contribution is 0.111. The number of pyridine rings is 1. The first kappa shape index (κ1) is 20.2. The van der Waals surface area contributed by atoms with Crippen molar-refractivity contribution in [2.75, 3.05) is 37.7 Å². The fourth-order valence-electron chi connectivity index (χ4n) is 4.32. The van der Waals surface area contributed by atoms with Gasteiger partial charge < -0.3 is 19.9 Å². The van der Waals surface area contributed by atoms with Gasteiger partial charge in [-0.15, -0.1) is 0 Å². The van der Waals surface area contributed by atoms with Gasteiger partial charge in [-0.25, -0.2) is 9.78 Å². The molecule has 0 unspecified atom stereocenters. The highest BCUT2D eigenvalue weighted by Gasteiger charge is 2.31. The first-order valence-corrected chi connectivity index (χ1v) is 10.5. The van der Waals surface area contributed by atoms with E-state index in [0.717, 1.165) is 28.2 Å². The smallest absolute Gasteiger partial charge is 0.317 e. The summed E-state index contributed by atoms with van der Waals surface area (Å²) >= 11 is 0. The molecule has 0 spiro atoms. The Kier molecular flexibility index (Phi) is 5.86. The third-order valence-corrected chi connectivity index (χ3v) is 5.81. The molecule has 1 aromatic carbocycles. The first-order valence-electron chi connectivity index (χ1n) is 10.5. The summed E-state index contributed by atoms with van der Waals surface area (Å²) in [5, 5.41) is 12.9. The number of benzene rings is 1. The maximum Gasteiger partial charge on any atom is 0.317 e. The number of rotatable bonds is 3. The zero-order valence-electron chi connectivity index (χ0n) is 17.5. The lowest BCUT2D eigenvalue weighted by atomic mass is 9.93. The van der Waals surface area contributed by atoms with E-state index in [-0.39, 0.29) is 12.1 Å². The van der Waals surface area contributed by atoms with Gasteiger partial charge in [0.25, 0.3) is 0 Å². The van der Waals surface area contributed by atoms with E-state index in [9.17, 15) is 10.1 Å². The van der Waals surface area contributed by atoms with Gasteiger partial charge in [-0.3, -0.25) is 0 Å². The molecular formula is C23H27N5O2. The fourth-order valence-corrected chi connectivity index (χ4v) is 4.32. The van der Waals surface area contributed by atoms with Crippen LogP contribution in [-0.2, 0) is 17.8 Å². The molecule has 0 saturated carbocycles. The van der Waals surface area contributed by atoms with E-state index in [2.05, 4.69) is 16.3 Å². The third kappa shape index (κ3) is 3.71. The molecule has 2 aromatic rings. The molecule has 30 heavy (non-hydrogen) atoms. The minimum atomic E-state index is -0.0364. The molecule has 1 N–H and O–H groups in total. The minimum Gasteiger partial charge on any atom is -0.376 e. The average Bonchev–Trinajstić information content (AvgIpc) is 2.78. The zero-order chi connectivity index (χ0) is 21.1. The SMILES string of the molecule is CCNC(=O)N1CCN(c2nc(-c3ccccc3)c3c(c2C#N)CCOC3)C[C@H]1C. The number of carbonyl (C=O) groups is 1. The second-order valence-corrected chi connectivity index (χ2v) is 7.72. The van der Waals surface area contributed by atoms with E-state index >= 15 is 0 Å². The number of hydrogen-bond donors (Lipinski definition) is 1. The molecule has 0 radical (unpaired) electrons. The molecule has 4 rings (SSSR count). The lowest BCUT2D eigenvalue weighted by Crippen LogP contribution is -2.57. The lowest BCUT2D eigenvalue weighted by Gasteiger charge is -2.41. The number of ether oxygens (including phenoxy) is 1. The predicted molar refractivity (Wildman–Crippen MR) is 115 cm³/mol. The van der Waals surface area contributed by atoms with Crippen LogP contribution in [0.25, 0.3) is 11.3 Å². The molecule has 3 heterocycles. The van der Waals surface area contributed by atoms with E-state index in [0.29, 0.717) is 51.4 Å². The van der Waals surface area contributed by atoms with Gasteiger partial charge in [0.05, 0.1) is 24.5 Å². The zero-order valence-corrected chi connectivity index (χ0v) is 17.5. The topological polar surface area (TPSA) is 81.5 Å². The number of nitrogens with one attached hydrogen (secondary N) is 1. The highest BCUT2D eigenvalue weighted by atomic mass is 16.5. The summed E-state index contributed by atoms with van der Waals surface area (Å²) in [5.41, 5.74) is 4.62. The number of nitriles is 1. The van der Waals surface area contributed by atoms with Crippen molar-refractivity contribution in [1.29, 1.82) is 5.26 Å². The molecule has 2 amide bonds. The van der Waals surface area contributed by atoms with Gasteiger partial charge in [-0.05, 0) is 25.8 Å². The van der Waals surface area contributed by atoms with Gasteiger partial charge in [0.2, 0.25) is 0 Å². The molecule has 2 aliphatic rings. The molecule has 0 bridgehead atoms. The summed E-state index contributed by atoms with van der Waals surface area (Å²) < 4.78 is 5.71. The molecule has 1 saturated heterocycles. The Morgan fingerprint density at radius 1 is 1.30 bits per heavy atom. The highest BCUT2D eigenvalue weighted by molar-refractivity contribution is 5.76. The van der Waals surface area contributed by atoms with E-state index < -0.39 is 0 Å². The van der Waals surface area contributed by atoms with Crippen LogP contribution < -0.4 is 10.2 Å². The number of amides is 2. The van der Waals surface area contributed by atoms with Crippen LogP contribution in [-0.4, -0.2) is 54.7 Å². The van der Waals surface area contributed by atoms with Crippen LogP contribution in [0.1, 0.15) is 30.5 Å². The van der Waals surface area contributed by atoms with Crippen LogP contribution in [0.5, 0.6) is 0 Å². The molecule has 1 aromatic heterocycles. The quantitative estimate of drug-likeness (QED) is 0.849. The van der Waals surface area contributed by atoms with Crippen LogP contribution in [0, 0.1) is 11.3 Å². The van der Waals surface area contributed by atoms with Crippen molar-refractivity contribution in [3.8, 4) is 17.3 Å². The second kappa shape index (κ2) is 8.72. The molecule has 2 aliphatic heterocycles. The molecule has 0 aliphatic carbocycles. The molecule has 156 valence electrons. The minimum absolute atomic E-state index is 0.0261. The Bertz CT molecular complexity index is 970. The Morgan fingerprint density at radius 3 is 2.80 bits per heavy atom. The summed E-state index contributed by atoms with van der Waals surface area (Å²) in [6.07, 6.45) is 0.710. The normalized spacial score (nSPS) is 18.5. The van der Waals surface area contributed by atoms with Crippen molar-refractivity contribution in [2.45, 2.75) is 32.9 Å². The van der Waals surface area contributed by atoms with Gasteiger partial charge in [-0.1, -0.05) is 30.3 Å². The number of anilines is 1. The Balaban J connectivity index is 1.74. The van der Waals surface area contributed by atoms with Gasteiger partial charge in [0.1, 0.15) is 11.9 Å². The van der Waals surface area contributed by atoms with Crippen LogP contribution in [0.15, 0.2) is 30.3 Å². The second-order valence-electron chi connectivity index (χ2n) is 7.72. The largest absolute Gasteiger partial charge is 0.376 e. The van der Waals surface area contributed by atoms with E-state index in [1.165, 1.54) is 0 Å². The van der Waals surface area contributed by atoms with E-state index in [4.69, 9.17) is 9.72 Å². The van der Waals surface area contributed by atoms with Crippen molar-refractivity contribution < 1.29 is 9.53 Å². The number of nitrogens with zero attached hydrogens (tertiary/aromatic N) is 4. The maximum atomic E-state index is 12.3. The van der Waals surface area contributed by atoms with Crippen LogP contribution >= 0.6 is 0 Å². The van der Waals surface area contributed by atoms with Gasteiger partial charge in [-0.2, -0.15) is 5.26 Å². The van der Waals surface area contributed by atoms with Crippen LogP contribution in [0.2, 0.25) is 0 Å². The number of aromatic nitrogens is 1. The van der Waals surface area contributed by atoms with Gasteiger partial charge in [0, 0.05) is 43.3 Å². The summed E-state index contributed by atoms with van der Waals surface area (Å²) in [7, 11) is 0. The maximum absolute atomic E-state index is 12.3. The highest BCUT2D eigenvalue weighted by Crippen LogP contribution is 2.35. The number of piperazine rings is 1. The fraction of sp³-hybridized carbons (Fsp3) is 0.435. The van der Waals surface area contributed by atoms with E-state index in [1.807, 2.05) is 49.1 Å². The standard InChI is InChI=1S/C23H27N5O2/c1-3-25-23(29)28-11-10-27(14-16(28)2)22-19(13-24)18-9-12-30-15-20(18)21(26-22)17-7-5-4-6-8-17/h4-8,16H,3,9-12,14-15H2,1-2H3,(H,25,29)/t16-/m1/s1. The summed E-state index contributed by atoms with van der Waals surface area (Å²) in [6, 6.07) is 12.5. The van der Waals surface area contributed by atoms with Crippen molar-refractivity contribution >= 4 is 11.8 Å². The van der Waals surface area contributed by atoms with Crippen molar-refractivity contribution in [3.63, 3.8) is 0 Å².